The van der Waals surface area contributed by atoms with Gasteiger partial charge >= 0.3 is 0 Å². The number of hydrogen-bond acceptors (Lipinski definition) is 3. The molecule has 1 aromatic carbocycles. The van der Waals surface area contributed by atoms with Gasteiger partial charge in [0.25, 0.3) is 0 Å². The highest BCUT2D eigenvalue weighted by molar-refractivity contribution is 5.27. The van der Waals surface area contributed by atoms with E-state index in [4.69, 9.17) is 4.74 Å². The van der Waals surface area contributed by atoms with Crippen LogP contribution in [0.3, 0.4) is 0 Å². The van der Waals surface area contributed by atoms with Gasteiger partial charge < -0.3 is 14.6 Å². The van der Waals surface area contributed by atoms with Crippen LogP contribution >= 0.6 is 0 Å². The van der Waals surface area contributed by atoms with Crippen molar-refractivity contribution in [3.8, 4) is 5.75 Å². The zero-order chi connectivity index (χ0) is 15.1. The fraction of sp³-hybridized carbons (Fsp3) is 0.471. The highest BCUT2D eigenvalue weighted by Gasteiger charge is 2.02. The Morgan fingerprint density at radius 1 is 1.29 bits per heavy atom. The molecule has 2 aromatic rings. The van der Waals surface area contributed by atoms with Gasteiger partial charge in [0.2, 0.25) is 0 Å². The minimum absolute atomic E-state index is 0.549. The molecule has 0 amide bonds. The first-order chi connectivity index (χ1) is 10.2. The van der Waals surface area contributed by atoms with Crippen LogP contribution in [0.1, 0.15) is 31.5 Å². The molecule has 0 aliphatic carbocycles. The second-order valence-electron chi connectivity index (χ2n) is 5.43. The third-order valence-corrected chi connectivity index (χ3v) is 3.65. The van der Waals surface area contributed by atoms with Crippen molar-refractivity contribution in [1.82, 2.24) is 14.9 Å². The van der Waals surface area contributed by atoms with E-state index >= 15 is 0 Å². The summed E-state index contributed by atoms with van der Waals surface area (Å²) in [6.45, 7) is 5.95. The first-order valence-corrected chi connectivity index (χ1v) is 7.59. The van der Waals surface area contributed by atoms with Gasteiger partial charge in [-0.05, 0) is 44.0 Å². The average molecular weight is 287 g/mol. The molecule has 114 valence electrons. The molecular weight excluding hydrogens is 262 g/mol. The molecule has 0 aliphatic heterocycles. The largest absolute Gasteiger partial charge is 0.487 e. The van der Waals surface area contributed by atoms with Gasteiger partial charge in [0.1, 0.15) is 12.4 Å². The van der Waals surface area contributed by atoms with Crippen LogP contribution in [0.5, 0.6) is 5.75 Å². The van der Waals surface area contributed by atoms with Gasteiger partial charge in [-0.25, -0.2) is 4.98 Å². The standard InChI is InChI=1S/C17H25N3O/c1-4-19-14(2)5-6-15-7-9-17(10-8-15)21-12-16-11-18-13-20(16)3/h7-11,13-14,19H,4-6,12H2,1-3H3. The first-order valence-electron chi connectivity index (χ1n) is 7.59. The lowest BCUT2D eigenvalue weighted by molar-refractivity contribution is 0.297. The van der Waals surface area contributed by atoms with E-state index in [1.165, 1.54) is 5.56 Å². The molecule has 0 aliphatic rings. The second-order valence-corrected chi connectivity index (χ2v) is 5.43. The number of imidazole rings is 1. The number of aryl methyl sites for hydroxylation is 2. The quantitative estimate of drug-likeness (QED) is 0.811. The summed E-state index contributed by atoms with van der Waals surface area (Å²) in [7, 11) is 1.97. The monoisotopic (exact) mass is 287 g/mol. The minimum Gasteiger partial charge on any atom is -0.487 e. The van der Waals surface area contributed by atoms with E-state index in [1.807, 2.05) is 29.9 Å². The van der Waals surface area contributed by atoms with Gasteiger partial charge in [-0.1, -0.05) is 19.1 Å². The highest BCUT2D eigenvalue weighted by Crippen LogP contribution is 2.15. The van der Waals surface area contributed by atoms with Gasteiger partial charge in [0.05, 0.1) is 18.2 Å². The Kier molecular flexibility index (Phi) is 5.81. The summed E-state index contributed by atoms with van der Waals surface area (Å²) in [5.74, 6) is 0.902. The van der Waals surface area contributed by atoms with E-state index in [0.29, 0.717) is 12.6 Å². The summed E-state index contributed by atoms with van der Waals surface area (Å²) in [6, 6.07) is 8.96. The first kappa shape index (κ1) is 15.6. The minimum atomic E-state index is 0.549. The Hall–Kier alpha value is -1.81. The Bertz CT molecular complexity index is 533. The molecule has 1 N–H and O–H groups in total. The SMILES string of the molecule is CCNC(C)CCc1ccc(OCc2cncn2C)cc1. The van der Waals surface area contributed by atoms with E-state index in [0.717, 1.165) is 30.8 Å². The fourth-order valence-electron chi connectivity index (χ4n) is 2.27. The molecule has 2 rings (SSSR count). The van der Waals surface area contributed by atoms with Crippen LogP contribution in [0.2, 0.25) is 0 Å². The molecule has 0 saturated carbocycles. The summed E-state index contributed by atoms with van der Waals surface area (Å²) in [5.41, 5.74) is 2.42. The van der Waals surface area contributed by atoms with Gasteiger partial charge in [0.15, 0.2) is 0 Å². The Labute approximate surface area is 127 Å². The summed E-state index contributed by atoms with van der Waals surface area (Å²) in [6.07, 6.45) is 5.86. The summed E-state index contributed by atoms with van der Waals surface area (Å²) in [4.78, 5) is 4.08. The van der Waals surface area contributed by atoms with Gasteiger partial charge in [-0.2, -0.15) is 0 Å². The Morgan fingerprint density at radius 2 is 2.05 bits per heavy atom. The van der Waals surface area contributed by atoms with Crippen molar-refractivity contribution in [2.24, 2.45) is 7.05 Å². The second kappa shape index (κ2) is 7.84. The zero-order valence-corrected chi connectivity index (χ0v) is 13.2. The lowest BCUT2D eigenvalue weighted by Crippen LogP contribution is -2.25. The normalized spacial score (nSPS) is 12.3. The van der Waals surface area contributed by atoms with Crippen LogP contribution < -0.4 is 10.1 Å². The van der Waals surface area contributed by atoms with E-state index < -0.39 is 0 Å². The van der Waals surface area contributed by atoms with Crippen molar-refractivity contribution >= 4 is 0 Å². The summed E-state index contributed by atoms with van der Waals surface area (Å²) in [5, 5.41) is 3.44. The van der Waals surface area contributed by atoms with Crippen LogP contribution in [0.4, 0.5) is 0 Å². The molecule has 1 atom stereocenters. The molecule has 0 saturated heterocycles. The number of nitrogens with zero attached hydrogens (tertiary/aromatic N) is 2. The van der Waals surface area contributed by atoms with Crippen molar-refractivity contribution in [2.75, 3.05) is 6.54 Å². The zero-order valence-electron chi connectivity index (χ0n) is 13.2. The lowest BCUT2D eigenvalue weighted by atomic mass is 10.1. The van der Waals surface area contributed by atoms with Gasteiger partial charge in [-0.3, -0.25) is 0 Å². The summed E-state index contributed by atoms with van der Waals surface area (Å²) >= 11 is 0. The average Bonchev–Trinajstić information content (AvgIpc) is 2.90. The lowest BCUT2D eigenvalue weighted by Gasteiger charge is -2.12. The number of ether oxygens (including phenoxy) is 1. The molecule has 1 aromatic heterocycles. The van der Waals surface area contributed by atoms with Crippen LogP contribution in [-0.2, 0) is 20.1 Å². The van der Waals surface area contributed by atoms with Crippen molar-refractivity contribution in [3.05, 3.63) is 48.0 Å². The Morgan fingerprint density at radius 3 is 2.67 bits per heavy atom. The molecule has 21 heavy (non-hydrogen) atoms. The molecule has 1 heterocycles. The van der Waals surface area contributed by atoms with Crippen molar-refractivity contribution in [2.45, 2.75) is 39.3 Å². The van der Waals surface area contributed by atoms with E-state index in [9.17, 15) is 0 Å². The molecule has 0 fully saturated rings. The number of hydrogen-bond donors (Lipinski definition) is 1. The predicted molar refractivity (Wildman–Crippen MR) is 85.4 cm³/mol. The van der Waals surface area contributed by atoms with Gasteiger partial charge in [-0.15, -0.1) is 0 Å². The van der Waals surface area contributed by atoms with Crippen molar-refractivity contribution < 1.29 is 4.74 Å². The molecule has 4 heteroatoms. The van der Waals surface area contributed by atoms with Crippen LogP contribution in [-0.4, -0.2) is 22.1 Å². The van der Waals surface area contributed by atoms with E-state index in [-0.39, 0.29) is 0 Å². The van der Waals surface area contributed by atoms with E-state index in [2.05, 4.69) is 36.3 Å². The van der Waals surface area contributed by atoms with Crippen molar-refractivity contribution in [1.29, 1.82) is 0 Å². The Balaban J connectivity index is 1.80. The number of rotatable bonds is 8. The molecule has 4 nitrogen and oxygen atoms in total. The fourth-order valence-corrected chi connectivity index (χ4v) is 2.27. The third kappa shape index (κ3) is 4.90. The topological polar surface area (TPSA) is 39.1 Å². The molecule has 1 unspecified atom stereocenters. The smallest absolute Gasteiger partial charge is 0.130 e. The predicted octanol–water partition coefficient (Wildman–Crippen LogP) is 2.93. The van der Waals surface area contributed by atoms with E-state index in [1.54, 1.807) is 6.33 Å². The third-order valence-electron chi connectivity index (χ3n) is 3.65. The van der Waals surface area contributed by atoms with Crippen LogP contribution in [0.25, 0.3) is 0 Å². The molecule has 0 radical (unpaired) electrons. The number of nitrogens with one attached hydrogen (secondary N) is 1. The number of benzene rings is 1. The highest BCUT2D eigenvalue weighted by atomic mass is 16.5. The number of aromatic nitrogens is 2. The maximum absolute atomic E-state index is 5.78. The van der Waals surface area contributed by atoms with Crippen LogP contribution in [0, 0.1) is 0 Å². The van der Waals surface area contributed by atoms with Gasteiger partial charge in [0, 0.05) is 13.1 Å². The maximum Gasteiger partial charge on any atom is 0.130 e. The molecular formula is C17H25N3O. The van der Waals surface area contributed by atoms with Crippen molar-refractivity contribution in [3.63, 3.8) is 0 Å². The molecule has 0 bridgehead atoms. The van der Waals surface area contributed by atoms with Crippen LogP contribution in [0.15, 0.2) is 36.8 Å². The molecule has 0 spiro atoms. The summed E-state index contributed by atoms with van der Waals surface area (Å²) < 4.78 is 7.75. The maximum atomic E-state index is 5.78.